The zero-order valence-corrected chi connectivity index (χ0v) is 6.88. The minimum absolute atomic E-state index is 0. The molecule has 0 aromatic heterocycles. The molecule has 0 radical (unpaired) electrons. The summed E-state index contributed by atoms with van der Waals surface area (Å²) in [4.78, 5) is 0. The number of terminal acetylenes is 2. The smallest absolute Gasteiger partial charge is 0.0243 e. The molecule has 0 atom stereocenters. The van der Waals surface area contributed by atoms with Crippen molar-refractivity contribution in [3.05, 3.63) is 35.4 Å². The van der Waals surface area contributed by atoms with Crippen LogP contribution in [-0.2, 0) is 0 Å². The maximum Gasteiger partial charge on any atom is 0.0243 e. The Labute approximate surface area is 73.2 Å². The van der Waals surface area contributed by atoms with Gasteiger partial charge in [0.2, 0.25) is 0 Å². The lowest BCUT2D eigenvalue weighted by atomic mass is 10.1. The second-order valence-corrected chi connectivity index (χ2v) is 1.87. The zero-order valence-electron chi connectivity index (χ0n) is 6.88. The van der Waals surface area contributed by atoms with E-state index in [2.05, 4.69) is 11.8 Å². The van der Waals surface area contributed by atoms with Gasteiger partial charge in [0.05, 0.1) is 0 Å². The minimum atomic E-state index is 0. The maximum absolute atomic E-state index is 5.14. The molecule has 1 rings (SSSR count). The van der Waals surface area contributed by atoms with E-state index in [0.717, 1.165) is 11.1 Å². The van der Waals surface area contributed by atoms with Gasteiger partial charge in [-0.1, -0.05) is 11.8 Å². The van der Waals surface area contributed by atoms with E-state index in [1.807, 2.05) is 24.3 Å². The van der Waals surface area contributed by atoms with Crippen LogP contribution in [0.3, 0.4) is 0 Å². The Morgan fingerprint density at radius 2 is 1.00 bits per heavy atom. The first-order valence-corrected chi connectivity index (χ1v) is 2.90. The molecule has 0 spiro atoms. The van der Waals surface area contributed by atoms with Crippen molar-refractivity contribution in [2.45, 2.75) is 0 Å². The van der Waals surface area contributed by atoms with Crippen LogP contribution in [0, 0.1) is 24.7 Å². The Morgan fingerprint density at radius 3 is 1.17 bits per heavy atom. The van der Waals surface area contributed by atoms with Gasteiger partial charge in [0.15, 0.2) is 0 Å². The van der Waals surface area contributed by atoms with Gasteiger partial charge in [0.25, 0.3) is 0 Å². The molecule has 0 unspecified atom stereocenters. The quantitative estimate of drug-likeness (QED) is 0.569. The Hall–Kier alpha value is -1.74. The predicted molar refractivity (Wildman–Crippen MR) is 52.4 cm³/mol. The summed E-state index contributed by atoms with van der Waals surface area (Å²) in [5.41, 5.74) is 1.72. The molecule has 0 saturated heterocycles. The zero-order chi connectivity index (χ0) is 7.40. The fourth-order valence-electron chi connectivity index (χ4n) is 0.663. The first-order chi connectivity index (χ1) is 4.86. The van der Waals surface area contributed by atoms with Crippen LogP contribution in [0.25, 0.3) is 0 Å². The molecule has 6 N–H and O–H groups in total. The number of hydrogen-bond acceptors (Lipinski definition) is 2. The normalized spacial score (nSPS) is 6.50. The first kappa shape index (κ1) is 12.9. The molecule has 0 aliphatic carbocycles. The summed E-state index contributed by atoms with van der Waals surface area (Å²) in [5.74, 6) is 5.02. The summed E-state index contributed by atoms with van der Waals surface area (Å²) in [6, 6.07) is 7.31. The van der Waals surface area contributed by atoms with E-state index in [9.17, 15) is 0 Å². The molecule has 0 aliphatic rings. The number of rotatable bonds is 0. The topological polar surface area (TPSA) is 70.0 Å². The summed E-state index contributed by atoms with van der Waals surface area (Å²) in [6.07, 6.45) is 10.3. The van der Waals surface area contributed by atoms with Crippen molar-refractivity contribution in [2.75, 3.05) is 0 Å². The molecule has 62 valence electrons. The summed E-state index contributed by atoms with van der Waals surface area (Å²) in [7, 11) is 0. The van der Waals surface area contributed by atoms with Crippen LogP contribution in [0.1, 0.15) is 11.1 Å². The van der Waals surface area contributed by atoms with Crippen LogP contribution in [0.4, 0.5) is 0 Å². The summed E-state index contributed by atoms with van der Waals surface area (Å²) < 4.78 is 0. The lowest BCUT2D eigenvalue weighted by Crippen LogP contribution is -1.74. The van der Waals surface area contributed by atoms with Gasteiger partial charge in [-0.3, -0.25) is 0 Å². The van der Waals surface area contributed by atoms with E-state index in [0.29, 0.717) is 0 Å². The van der Waals surface area contributed by atoms with Crippen molar-refractivity contribution in [2.24, 2.45) is 0 Å². The van der Waals surface area contributed by atoms with Gasteiger partial charge in [-0.05, 0) is 24.3 Å². The van der Waals surface area contributed by atoms with Crippen molar-refractivity contribution in [1.29, 1.82) is 0 Å². The average molecular weight is 160 g/mol. The summed E-state index contributed by atoms with van der Waals surface area (Å²) in [5, 5.41) is 0. The molecule has 0 saturated carbocycles. The highest BCUT2D eigenvalue weighted by molar-refractivity contribution is 5.39. The van der Waals surface area contributed by atoms with Crippen molar-refractivity contribution in [3.8, 4) is 24.7 Å². The highest BCUT2D eigenvalue weighted by Gasteiger charge is 1.85. The molecule has 1 aromatic rings. The molecule has 0 amide bonds. The largest absolute Gasteiger partial charge is 0.344 e. The highest BCUT2D eigenvalue weighted by Crippen LogP contribution is 2.00. The minimum Gasteiger partial charge on any atom is -0.344 e. The van der Waals surface area contributed by atoms with E-state index < -0.39 is 0 Å². The lowest BCUT2D eigenvalue weighted by Gasteiger charge is -1.89. The van der Waals surface area contributed by atoms with Crippen molar-refractivity contribution in [1.82, 2.24) is 12.3 Å². The standard InChI is InChI=1S/C10H6.2H3N/c1-3-9-5-7-10(4-2)8-6-9;;/h1-2,5-8H;2*1H3. The SMILES string of the molecule is C#Cc1ccc(C#C)cc1.N.N. The summed E-state index contributed by atoms with van der Waals surface area (Å²) in [6.45, 7) is 0. The van der Waals surface area contributed by atoms with Gasteiger partial charge < -0.3 is 12.3 Å². The molecule has 0 fully saturated rings. The van der Waals surface area contributed by atoms with Gasteiger partial charge in [-0.2, -0.15) is 0 Å². The van der Waals surface area contributed by atoms with Gasteiger partial charge >= 0.3 is 0 Å². The monoisotopic (exact) mass is 160 g/mol. The average Bonchev–Trinajstić information content (AvgIpc) is 2.05. The maximum atomic E-state index is 5.14. The van der Waals surface area contributed by atoms with E-state index >= 15 is 0 Å². The molecule has 1 aromatic carbocycles. The molecule has 0 aliphatic heterocycles. The molecular formula is C10H12N2. The molecule has 2 nitrogen and oxygen atoms in total. The fraction of sp³-hybridized carbons (Fsp3) is 0. The molecule has 0 heterocycles. The van der Waals surface area contributed by atoms with Crippen molar-refractivity contribution < 1.29 is 0 Å². The van der Waals surface area contributed by atoms with E-state index in [1.54, 1.807) is 0 Å². The van der Waals surface area contributed by atoms with Gasteiger partial charge in [-0.15, -0.1) is 12.8 Å². The Balaban J connectivity index is 0. The van der Waals surface area contributed by atoms with E-state index in [1.165, 1.54) is 0 Å². The third kappa shape index (κ3) is 2.90. The third-order valence-corrected chi connectivity index (χ3v) is 1.22. The predicted octanol–water partition coefficient (Wildman–Crippen LogP) is 1.97. The van der Waals surface area contributed by atoms with Crippen LogP contribution >= 0.6 is 0 Å². The Bertz CT molecular complexity index is 265. The molecular weight excluding hydrogens is 148 g/mol. The highest BCUT2D eigenvalue weighted by atomic mass is 14.0. The van der Waals surface area contributed by atoms with Crippen molar-refractivity contribution >= 4 is 0 Å². The first-order valence-electron chi connectivity index (χ1n) is 2.90. The number of benzene rings is 1. The van der Waals surface area contributed by atoms with Gasteiger partial charge in [0, 0.05) is 11.1 Å². The lowest BCUT2D eigenvalue weighted by molar-refractivity contribution is 1.61. The van der Waals surface area contributed by atoms with Crippen LogP contribution in [0.2, 0.25) is 0 Å². The Morgan fingerprint density at radius 1 is 0.750 bits per heavy atom. The second kappa shape index (κ2) is 6.00. The van der Waals surface area contributed by atoms with E-state index in [-0.39, 0.29) is 12.3 Å². The van der Waals surface area contributed by atoms with Crippen LogP contribution in [-0.4, -0.2) is 0 Å². The number of hydrogen-bond donors (Lipinski definition) is 2. The Kier molecular flexibility index (Phi) is 6.45. The fourth-order valence-corrected chi connectivity index (χ4v) is 0.663. The third-order valence-electron chi connectivity index (χ3n) is 1.22. The summed E-state index contributed by atoms with van der Waals surface area (Å²) >= 11 is 0. The molecule has 0 bridgehead atoms. The van der Waals surface area contributed by atoms with Gasteiger partial charge in [-0.25, -0.2) is 0 Å². The second-order valence-electron chi connectivity index (χ2n) is 1.87. The van der Waals surface area contributed by atoms with Crippen LogP contribution in [0.15, 0.2) is 24.3 Å². The van der Waals surface area contributed by atoms with E-state index in [4.69, 9.17) is 12.8 Å². The van der Waals surface area contributed by atoms with Gasteiger partial charge in [0.1, 0.15) is 0 Å². The van der Waals surface area contributed by atoms with Crippen LogP contribution < -0.4 is 12.3 Å². The molecule has 2 heteroatoms. The molecule has 12 heavy (non-hydrogen) atoms. The van der Waals surface area contributed by atoms with Crippen molar-refractivity contribution in [3.63, 3.8) is 0 Å². The van der Waals surface area contributed by atoms with Crippen LogP contribution in [0.5, 0.6) is 0 Å².